The summed E-state index contributed by atoms with van der Waals surface area (Å²) >= 11 is 0. The van der Waals surface area contributed by atoms with Crippen LogP contribution in [-0.2, 0) is 19.1 Å². The second-order valence-corrected chi connectivity index (χ2v) is 2.08. The monoisotopic (exact) mass is 216 g/mol. The van der Waals surface area contributed by atoms with Crippen LogP contribution in [0.5, 0.6) is 0 Å². The Balaban J connectivity index is 3.46. The van der Waals surface area contributed by atoms with Crippen LogP contribution in [0, 0.1) is 0 Å². The molecular formula is C6H7F3O5. The van der Waals surface area contributed by atoms with Gasteiger partial charge in [0.15, 0.2) is 0 Å². The number of hydrogen-bond acceptors (Lipinski definition) is 4. The van der Waals surface area contributed by atoms with Crippen LogP contribution in [0.3, 0.4) is 0 Å². The molecule has 0 bridgehead atoms. The molecule has 0 aromatic heterocycles. The smallest absolute Gasteiger partial charge is 0.480 e. The van der Waals surface area contributed by atoms with Crippen LogP contribution < -0.4 is 0 Å². The number of aliphatic carboxylic acids is 1. The van der Waals surface area contributed by atoms with Gasteiger partial charge in [-0.15, -0.1) is 0 Å². The molecule has 14 heavy (non-hydrogen) atoms. The number of ether oxygens (including phenoxy) is 2. The van der Waals surface area contributed by atoms with Gasteiger partial charge in [-0.25, -0.2) is 9.59 Å². The lowest BCUT2D eigenvalue weighted by Gasteiger charge is -2.06. The molecule has 0 amide bonds. The molecule has 0 fully saturated rings. The van der Waals surface area contributed by atoms with Gasteiger partial charge in [-0.2, -0.15) is 13.2 Å². The van der Waals surface area contributed by atoms with Crippen molar-refractivity contribution >= 4 is 11.9 Å². The normalized spacial score (nSPS) is 11.1. The van der Waals surface area contributed by atoms with Crippen molar-refractivity contribution in [1.82, 2.24) is 0 Å². The molecule has 0 spiro atoms. The average molecular weight is 216 g/mol. The molecule has 1 N–H and O–H groups in total. The molecule has 0 aromatic rings. The minimum atomic E-state index is -5.03. The van der Waals surface area contributed by atoms with Gasteiger partial charge in [0.2, 0.25) is 0 Å². The zero-order valence-electron chi connectivity index (χ0n) is 6.84. The number of carboxylic acid groups (broad SMARTS) is 1. The highest BCUT2D eigenvalue weighted by atomic mass is 19.4. The molecular weight excluding hydrogens is 209 g/mol. The molecule has 0 aromatic carbocycles. The summed E-state index contributed by atoms with van der Waals surface area (Å²) in [5.41, 5.74) is 0. The van der Waals surface area contributed by atoms with Crippen molar-refractivity contribution < 1.29 is 37.3 Å². The third-order valence-electron chi connectivity index (χ3n) is 0.918. The van der Waals surface area contributed by atoms with Gasteiger partial charge in [0.05, 0.1) is 6.61 Å². The Morgan fingerprint density at radius 3 is 2.21 bits per heavy atom. The first-order valence-corrected chi connectivity index (χ1v) is 3.37. The largest absolute Gasteiger partial charge is 0.490 e. The van der Waals surface area contributed by atoms with Crippen molar-refractivity contribution in [3.8, 4) is 0 Å². The Morgan fingerprint density at radius 1 is 1.21 bits per heavy atom. The van der Waals surface area contributed by atoms with Crippen molar-refractivity contribution in [2.24, 2.45) is 0 Å². The van der Waals surface area contributed by atoms with Crippen molar-refractivity contribution in [3.63, 3.8) is 0 Å². The number of esters is 1. The first kappa shape index (κ1) is 12.7. The third kappa shape index (κ3) is 6.23. The Labute approximate surface area is 76.4 Å². The number of carbonyl (C=O) groups excluding carboxylic acids is 1. The van der Waals surface area contributed by atoms with E-state index in [1.807, 2.05) is 0 Å². The number of rotatable bonds is 5. The average Bonchev–Trinajstić information content (AvgIpc) is 2.01. The highest BCUT2D eigenvalue weighted by Crippen LogP contribution is 2.15. The molecule has 0 heterocycles. The van der Waals surface area contributed by atoms with E-state index in [1.54, 1.807) is 0 Å². The number of alkyl halides is 3. The van der Waals surface area contributed by atoms with Gasteiger partial charge in [0, 0.05) is 0 Å². The van der Waals surface area contributed by atoms with Gasteiger partial charge in [-0.3, -0.25) is 0 Å². The molecule has 5 nitrogen and oxygen atoms in total. The first-order chi connectivity index (χ1) is 6.34. The summed E-state index contributed by atoms with van der Waals surface area (Å²) in [7, 11) is 0. The molecule has 0 rings (SSSR count). The zero-order chi connectivity index (χ0) is 11.2. The van der Waals surface area contributed by atoms with E-state index in [-0.39, 0.29) is 0 Å². The number of hydrogen-bond donors (Lipinski definition) is 1. The van der Waals surface area contributed by atoms with Gasteiger partial charge in [0.1, 0.15) is 13.2 Å². The summed E-state index contributed by atoms with van der Waals surface area (Å²) in [6, 6.07) is 0. The maximum absolute atomic E-state index is 11.5. The maximum Gasteiger partial charge on any atom is 0.490 e. The quantitative estimate of drug-likeness (QED) is 0.524. The van der Waals surface area contributed by atoms with Crippen LogP contribution in [0.4, 0.5) is 13.2 Å². The van der Waals surface area contributed by atoms with Crippen LogP contribution >= 0.6 is 0 Å². The lowest BCUT2D eigenvalue weighted by atomic mass is 10.6. The van der Waals surface area contributed by atoms with Crippen LogP contribution in [-0.4, -0.2) is 43.0 Å². The van der Waals surface area contributed by atoms with E-state index in [0.29, 0.717) is 0 Å². The predicted octanol–water partition coefficient (Wildman–Crippen LogP) is 0.193. The van der Waals surface area contributed by atoms with E-state index in [4.69, 9.17) is 5.11 Å². The van der Waals surface area contributed by atoms with E-state index in [9.17, 15) is 22.8 Å². The molecule has 0 aliphatic rings. The van der Waals surface area contributed by atoms with Crippen LogP contribution in [0.25, 0.3) is 0 Å². The lowest BCUT2D eigenvalue weighted by Crippen LogP contribution is -2.27. The Hall–Kier alpha value is -1.31. The Morgan fingerprint density at radius 2 is 1.79 bits per heavy atom. The van der Waals surface area contributed by atoms with Crippen molar-refractivity contribution in [3.05, 3.63) is 0 Å². The molecule has 82 valence electrons. The van der Waals surface area contributed by atoms with Crippen molar-refractivity contribution in [2.75, 3.05) is 19.8 Å². The first-order valence-electron chi connectivity index (χ1n) is 3.37. The molecule has 0 unspecified atom stereocenters. The molecule has 0 radical (unpaired) electrons. The Kier molecular flexibility index (Phi) is 4.92. The predicted molar refractivity (Wildman–Crippen MR) is 35.5 cm³/mol. The fourth-order valence-electron chi connectivity index (χ4n) is 0.435. The van der Waals surface area contributed by atoms with E-state index >= 15 is 0 Å². The summed E-state index contributed by atoms with van der Waals surface area (Å²) < 4.78 is 42.5. The minimum absolute atomic E-state index is 0.395. The second-order valence-electron chi connectivity index (χ2n) is 2.08. The van der Waals surface area contributed by atoms with Crippen molar-refractivity contribution in [1.29, 1.82) is 0 Å². The van der Waals surface area contributed by atoms with Crippen molar-refractivity contribution in [2.45, 2.75) is 6.18 Å². The highest BCUT2D eigenvalue weighted by Gasteiger charge is 2.40. The van der Waals surface area contributed by atoms with Gasteiger partial charge in [-0.05, 0) is 0 Å². The summed E-state index contributed by atoms with van der Waals surface area (Å²) in [4.78, 5) is 19.9. The SMILES string of the molecule is O=C(O)COCCOC(=O)C(F)(F)F. The van der Waals surface area contributed by atoms with Crippen LogP contribution in [0.1, 0.15) is 0 Å². The molecule has 0 saturated heterocycles. The van der Waals surface area contributed by atoms with Gasteiger partial charge in [-0.1, -0.05) is 0 Å². The Bertz CT molecular complexity index is 212. The fraction of sp³-hybridized carbons (Fsp3) is 0.667. The van der Waals surface area contributed by atoms with Gasteiger partial charge < -0.3 is 14.6 Å². The maximum atomic E-state index is 11.5. The van der Waals surface area contributed by atoms with Gasteiger partial charge in [0.25, 0.3) is 0 Å². The van der Waals surface area contributed by atoms with Crippen LogP contribution in [0.2, 0.25) is 0 Å². The topological polar surface area (TPSA) is 72.8 Å². The number of halogens is 3. The molecule has 8 heteroatoms. The summed E-state index contributed by atoms with van der Waals surface area (Å²) in [5.74, 6) is -3.58. The molecule has 0 aliphatic heterocycles. The second kappa shape index (κ2) is 5.43. The van der Waals surface area contributed by atoms with Gasteiger partial charge >= 0.3 is 18.1 Å². The van der Waals surface area contributed by atoms with E-state index in [0.717, 1.165) is 0 Å². The molecule has 0 aliphatic carbocycles. The summed E-state index contributed by atoms with van der Waals surface area (Å²) in [6.07, 6.45) is -5.03. The van der Waals surface area contributed by atoms with E-state index in [2.05, 4.69) is 9.47 Å². The number of carbonyl (C=O) groups is 2. The lowest BCUT2D eigenvalue weighted by molar-refractivity contribution is -0.200. The summed E-state index contributed by atoms with van der Waals surface area (Å²) in [5, 5.41) is 8.04. The standard InChI is InChI=1S/C6H7F3O5/c7-6(8,9)5(12)14-2-1-13-3-4(10)11/h1-3H2,(H,10,11). The van der Waals surface area contributed by atoms with E-state index in [1.165, 1.54) is 0 Å². The third-order valence-corrected chi connectivity index (χ3v) is 0.918. The summed E-state index contributed by atoms with van der Waals surface area (Å²) in [6.45, 7) is -1.68. The fourth-order valence-corrected chi connectivity index (χ4v) is 0.435. The molecule has 0 atom stereocenters. The molecule has 0 saturated carbocycles. The zero-order valence-corrected chi connectivity index (χ0v) is 6.84. The number of carboxylic acids is 1. The minimum Gasteiger partial charge on any atom is -0.480 e. The van der Waals surface area contributed by atoms with Crippen LogP contribution in [0.15, 0.2) is 0 Å². The highest BCUT2D eigenvalue weighted by molar-refractivity contribution is 5.75. The van der Waals surface area contributed by atoms with E-state index < -0.39 is 37.9 Å².